The van der Waals surface area contributed by atoms with Gasteiger partial charge in [-0.25, -0.2) is 8.42 Å². The lowest BCUT2D eigenvalue weighted by atomic mass is 10.2. The van der Waals surface area contributed by atoms with Gasteiger partial charge in [0.05, 0.1) is 4.90 Å². The Hall–Kier alpha value is -1.86. The summed E-state index contributed by atoms with van der Waals surface area (Å²) in [6.07, 6.45) is 0. The van der Waals surface area contributed by atoms with Crippen molar-refractivity contribution >= 4 is 37.5 Å². The predicted molar refractivity (Wildman–Crippen MR) is 94.0 cm³/mol. The summed E-state index contributed by atoms with van der Waals surface area (Å²) in [6.45, 7) is 3.72. The number of anilines is 1. The molecule has 0 atom stereocenters. The van der Waals surface area contributed by atoms with Crippen LogP contribution in [0.15, 0.2) is 57.9 Å². The van der Waals surface area contributed by atoms with E-state index in [1.54, 1.807) is 24.3 Å². The Morgan fingerprint density at radius 2 is 1.57 bits per heavy atom. The fourth-order valence-electron chi connectivity index (χ4n) is 1.86. The topological polar surface area (TPSA) is 75.3 Å². The Balaban J connectivity index is 2.17. The molecule has 1 amide bonds. The highest BCUT2D eigenvalue weighted by molar-refractivity contribution is 9.10. The number of halogens is 1. The van der Waals surface area contributed by atoms with Crippen LogP contribution >= 0.6 is 15.9 Å². The molecule has 0 aliphatic carbocycles. The van der Waals surface area contributed by atoms with Crippen molar-refractivity contribution in [2.45, 2.75) is 24.8 Å². The maximum absolute atomic E-state index is 12.3. The SMILES string of the molecule is CC(C)NC(=O)c1ccc(S(=O)(=O)Nc2ccc(Br)cc2)cc1. The first-order valence-electron chi connectivity index (χ1n) is 6.97. The van der Waals surface area contributed by atoms with Gasteiger partial charge in [-0.3, -0.25) is 9.52 Å². The average Bonchev–Trinajstić information content (AvgIpc) is 2.49. The first-order chi connectivity index (χ1) is 10.8. The van der Waals surface area contributed by atoms with Crippen molar-refractivity contribution in [3.63, 3.8) is 0 Å². The lowest BCUT2D eigenvalue weighted by Gasteiger charge is -2.10. The maximum atomic E-state index is 12.3. The molecule has 0 bridgehead atoms. The molecular formula is C16H17BrN2O3S. The van der Waals surface area contributed by atoms with Gasteiger partial charge in [0, 0.05) is 21.8 Å². The second kappa shape index (κ2) is 7.14. The molecule has 7 heteroatoms. The zero-order valence-electron chi connectivity index (χ0n) is 12.7. The molecule has 5 nitrogen and oxygen atoms in total. The van der Waals surface area contributed by atoms with Crippen molar-refractivity contribution in [3.8, 4) is 0 Å². The van der Waals surface area contributed by atoms with E-state index in [0.29, 0.717) is 11.3 Å². The minimum atomic E-state index is -3.69. The first kappa shape index (κ1) is 17.5. The van der Waals surface area contributed by atoms with E-state index in [-0.39, 0.29) is 16.8 Å². The molecule has 0 spiro atoms. The van der Waals surface area contributed by atoms with E-state index in [1.165, 1.54) is 24.3 Å². The lowest BCUT2D eigenvalue weighted by Crippen LogP contribution is -2.30. The van der Waals surface area contributed by atoms with E-state index in [4.69, 9.17) is 0 Å². The highest BCUT2D eigenvalue weighted by Crippen LogP contribution is 2.19. The molecule has 0 fully saturated rings. The molecule has 0 saturated heterocycles. The van der Waals surface area contributed by atoms with Gasteiger partial charge in [0.15, 0.2) is 0 Å². The van der Waals surface area contributed by atoms with Crippen LogP contribution in [0, 0.1) is 0 Å². The van der Waals surface area contributed by atoms with Crippen molar-refractivity contribution in [2.24, 2.45) is 0 Å². The molecule has 2 N–H and O–H groups in total. The number of carbonyl (C=O) groups is 1. The molecule has 0 unspecified atom stereocenters. The number of sulfonamides is 1. The number of rotatable bonds is 5. The van der Waals surface area contributed by atoms with Gasteiger partial charge in [-0.1, -0.05) is 15.9 Å². The fraction of sp³-hybridized carbons (Fsp3) is 0.188. The maximum Gasteiger partial charge on any atom is 0.261 e. The summed E-state index contributed by atoms with van der Waals surface area (Å²) in [7, 11) is -3.69. The molecule has 0 aliphatic heterocycles. The molecule has 2 aromatic rings. The van der Waals surface area contributed by atoms with Crippen LogP contribution in [-0.4, -0.2) is 20.4 Å². The van der Waals surface area contributed by atoms with Crippen molar-refractivity contribution in [2.75, 3.05) is 4.72 Å². The molecule has 23 heavy (non-hydrogen) atoms. The smallest absolute Gasteiger partial charge is 0.261 e. The number of nitrogens with one attached hydrogen (secondary N) is 2. The Kier molecular flexibility index (Phi) is 5.43. The summed E-state index contributed by atoms with van der Waals surface area (Å²) in [5.41, 5.74) is 0.885. The van der Waals surface area contributed by atoms with E-state index >= 15 is 0 Å². The van der Waals surface area contributed by atoms with Gasteiger partial charge in [-0.2, -0.15) is 0 Å². The van der Waals surface area contributed by atoms with E-state index in [0.717, 1.165) is 4.47 Å². The van der Waals surface area contributed by atoms with E-state index < -0.39 is 10.0 Å². The minimum Gasteiger partial charge on any atom is -0.350 e. The predicted octanol–water partition coefficient (Wildman–Crippen LogP) is 3.39. The van der Waals surface area contributed by atoms with Crippen molar-refractivity contribution < 1.29 is 13.2 Å². The molecule has 122 valence electrons. The summed E-state index contributed by atoms with van der Waals surface area (Å²) < 4.78 is 28.0. The van der Waals surface area contributed by atoms with Crippen LogP contribution in [0.2, 0.25) is 0 Å². The third-order valence-corrected chi connectivity index (χ3v) is 4.87. The first-order valence-corrected chi connectivity index (χ1v) is 9.25. The van der Waals surface area contributed by atoms with Gasteiger partial charge < -0.3 is 5.32 Å². The molecule has 0 aliphatic rings. The third-order valence-electron chi connectivity index (χ3n) is 2.94. The summed E-state index contributed by atoms with van der Waals surface area (Å²) in [4.78, 5) is 12.0. The highest BCUT2D eigenvalue weighted by Gasteiger charge is 2.15. The minimum absolute atomic E-state index is 0.0185. The van der Waals surface area contributed by atoms with Crippen molar-refractivity contribution in [3.05, 3.63) is 58.6 Å². The third kappa shape index (κ3) is 4.80. The van der Waals surface area contributed by atoms with Crippen LogP contribution < -0.4 is 10.0 Å². The number of benzene rings is 2. The van der Waals surface area contributed by atoms with Crippen molar-refractivity contribution in [1.29, 1.82) is 0 Å². The molecule has 2 aromatic carbocycles. The fourth-order valence-corrected chi connectivity index (χ4v) is 3.19. The van der Waals surface area contributed by atoms with Crippen LogP contribution in [0.3, 0.4) is 0 Å². The van der Waals surface area contributed by atoms with E-state index in [2.05, 4.69) is 26.0 Å². The van der Waals surface area contributed by atoms with Gasteiger partial charge in [0.1, 0.15) is 0 Å². The number of amides is 1. The molecule has 0 saturated carbocycles. The summed E-state index contributed by atoms with van der Waals surface area (Å²) in [5, 5.41) is 2.75. The Morgan fingerprint density at radius 1 is 1.00 bits per heavy atom. The monoisotopic (exact) mass is 396 g/mol. The zero-order chi connectivity index (χ0) is 17.0. The molecule has 0 aromatic heterocycles. The largest absolute Gasteiger partial charge is 0.350 e. The van der Waals surface area contributed by atoms with Crippen LogP contribution in [-0.2, 0) is 10.0 Å². The second-order valence-corrected chi connectivity index (χ2v) is 7.86. The van der Waals surface area contributed by atoms with Crippen LogP contribution in [0.25, 0.3) is 0 Å². The number of hydrogen-bond donors (Lipinski definition) is 2. The summed E-state index contributed by atoms with van der Waals surface area (Å²) in [5.74, 6) is -0.232. The molecule has 0 radical (unpaired) electrons. The highest BCUT2D eigenvalue weighted by atomic mass is 79.9. The quantitative estimate of drug-likeness (QED) is 0.812. The van der Waals surface area contributed by atoms with E-state index in [9.17, 15) is 13.2 Å². The summed E-state index contributed by atoms with van der Waals surface area (Å²) in [6, 6.07) is 12.6. The number of hydrogen-bond acceptors (Lipinski definition) is 3. The lowest BCUT2D eigenvalue weighted by molar-refractivity contribution is 0.0943. The Morgan fingerprint density at radius 3 is 2.09 bits per heavy atom. The molecule has 0 heterocycles. The van der Waals surface area contributed by atoms with Crippen LogP contribution in [0.4, 0.5) is 5.69 Å². The standard InChI is InChI=1S/C16H17BrN2O3S/c1-11(2)18-16(20)12-3-9-15(10-4-12)23(21,22)19-14-7-5-13(17)6-8-14/h3-11,19H,1-2H3,(H,18,20). The van der Waals surface area contributed by atoms with Crippen LogP contribution in [0.5, 0.6) is 0 Å². The van der Waals surface area contributed by atoms with Gasteiger partial charge in [0.25, 0.3) is 15.9 Å². The van der Waals surface area contributed by atoms with Gasteiger partial charge in [-0.15, -0.1) is 0 Å². The van der Waals surface area contributed by atoms with Gasteiger partial charge in [0.2, 0.25) is 0 Å². The summed E-state index contributed by atoms with van der Waals surface area (Å²) >= 11 is 3.29. The van der Waals surface area contributed by atoms with Gasteiger partial charge in [-0.05, 0) is 62.4 Å². The zero-order valence-corrected chi connectivity index (χ0v) is 15.1. The number of carbonyl (C=O) groups excluding carboxylic acids is 1. The second-order valence-electron chi connectivity index (χ2n) is 5.26. The Bertz CT molecular complexity index is 785. The normalized spacial score (nSPS) is 11.3. The molecular weight excluding hydrogens is 380 g/mol. The average molecular weight is 397 g/mol. The van der Waals surface area contributed by atoms with E-state index in [1.807, 2.05) is 13.8 Å². The van der Waals surface area contributed by atoms with Gasteiger partial charge >= 0.3 is 0 Å². The Labute approximate surface area is 144 Å². The van der Waals surface area contributed by atoms with Crippen LogP contribution in [0.1, 0.15) is 24.2 Å². The van der Waals surface area contributed by atoms with Crippen molar-refractivity contribution in [1.82, 2.24) is 5.32 Å². The molecule has 2 rings (SSSR count).